The fourth-order valence-electron chi connectivity index (χ4n) is 1.58. The summed E-state index contributed by atoms with van der Waals surface area (Å²) < 4.78 is 12.0. The van der Waals surface area contributed by atoms with Crippen molar-refractivity contribution in [2.75, 3.05) is 12.3 Å². The minimum atomic E-state index is -1.00. The molecule has 0 aromatic heterocycles. The monoisotopic (exact) mass is 316 g/mol. The zero-order chi connectivity index (χ0) is 15.0. The van der Waals surface area contributed by atoms with E-state index < -0.39 is 10.8 Å². The normalized spacial score (nSPS) is 12.2. The van der Waals surface area contributed by atoms with Crippen molar-refractivity contribution in [2.45, 2.75) is 37.6 Å². The molecule has 1 aromatic carbocycles. The number of benzene rings is 1. The lowest BCUT2D eigenvalue weighted by atomic mass is 10.3. The first kappa shape index (κ1) is 17.0. The fourth-order valence-corrected chi connectivity index (χ4v) is 2.85. The smallest absolute Gasteiger partial charge is 0.314 e. The molecule has 0 aliphatic rings. The molecular formula is C14H21ClN2O2S. The average Bonchev–Trinajstić information content (AvgIpc) is 2.38. The number of unbranched alkanes of at least 4 members (excludes halogenated alkanes) is 1. The van der Waals surface area contributed by atoms with E-state index >= 15 is 0 Å². The number of nitrogens with one attached hydrogen (secondary N) is 2. The van der Waals surface area contributed by atoms with Crippen LogP contribution in [0.1, 0.15) is 26.7 Å². The van der Waals surface area contributed by atoms with E-state index in [2.05, 4.69) is 10.6 Å². The van der Waals surface area contributed by atoms with Gasteiger partial charge in [-0.3, -0.25) is 4.21 Å². The van der Waals surface area contributed by atoms with Gasteiger partial charge in [0.15, 0.2) is 0 Å². The first-order chi connectivity index (χ1) is 9.49. The van der Waals surface area contributed by atoms with Crippen molar-refractivity contribution >= 4 is 28.4 Å². The number of carbonyl (C=O) groups excluding carboxylic acids is 1. The SMILES string of the molecule is CC(C)NC(=O)NCCCCS(=O)c1ccc(Cl)cc1. The van der Waals surface area contributed by atoms with Crippen LogP contribution in [0.25, 0.3) is 0 Å². The molecule has 4 nitrogen and oxygen atoms in total. The van der Waals surface area contributed by atoms with Gasteiger partial charge in [0, 0.05) is 28.3 Å². The molecule has 0 spiro atoms. The van der Waals surface area contributed by atoms with Gasteiger partial charge in [-0.25, -0.2) is 4.79 Å². The summed E-state index contributed by atoms with van der Waals surface area (Å²) >= 11 is 5.78. The van der Waals surface area contributed by atoms with Crippen LogP contribution in [0, 0.1) is 0 Å². The molecule has 0 heterocycles. The Hall–Kier alpha value is -1.07. The number of urea groups is 1. The molecule has 0 aliphatic carbocycles. The van der Waals surface area contributed by atoms with Gasteiger partial charge >= 0.3 is 6.03 Å². The van der Waals surface area contributed by atoms with Gasteiger partial charge in [-0.2, -0.15) is 0 Å². The maximum absolute atomic E-state index is 12.0. The van der Waals surface area contributed by atoms with Crippen molar-refractivity contribution in [1.29, 1.82) is 0 Å². The molecule has 0 fully saturated rings. The highest BCUT2D eigenvalue weighted by Gasteiger charge is 2.04. The third kappa shape index (κ3) is 6.91. The van der Waals surface area contributed by atoms with Gasteiger partial charge in [0.1, 0.15) is 0 Å². The van der Waals surface area contributed by atoms with Gasteiger partial charge in [0.25, 0.3) is 0 Å². The van der Waals surface area contributed by atoms with E-state index in [0.717, 1.165) is 17.7 Å². The minimum Gasteiger partial charge on any atom is -0.338 e. The summed E-state index contributed by atoms with van der Waals surface area (Å²) in [7, 11) is -1.00. The molecule has 20 heavy (non-hydrogen) atoms. The largest absolute Gasteiger partial charge is 0.338 e. The highest BCUT2D eigenvalue weighted by Crippen LogP contribution is 2.13. The van der Waals surface area contributed by atoms with Gasteiger partial charge < -0.3 is 10.6 Å². The van der Waals surface area contributed by atoms with Gasteiger partial charge in [0.05, 0.1) is 10.8 Å². The molecule has 112 valence electrons. The fraction of sp³-hybridized carbons (Fsp3) is 0.500. The zero-order valence-electron chi connectivity index (χ0n) is 11.8. The Balaban J connectivity index is 2.16. The molecule has 1 aromatic rings. The van der Waals surface area contributed by atoms with E-state index in [-0.39, 0.29) is 12.1 Å². The standard InChI is InChI=1S/C14H21ClN2O2S/c1-11(2)17-14(18)16-9-3-4-10-20(19)13-7-5-12(15)6-8-13/h5-8,11H,3-4,9-10H2,1-2H3,(H2,16,17,18). The predicted molar refractivity (Wildman–Crippen MR) is 83.6 cm³/mol. The van der Waals surface area contributed by atoms with Crippen LogP contribution in [-0.4, -0.2) is 28.6 Å². The van der Waals surface area contributed by atoms with Gasteiger partial charge in [0.2, 0.25) is 0 Å². The van der Waals surface area contributed by atoms with E-state index in [1.807, 2.05) is 13.8 Å². The van der Waals surface area contributed by atoms with E-state index in [1.54, 1.807) is 24.3 Å². The van der Waals surface area contributed by atoms with Crippen molar-refractivity contribution in [3.8, 4) is 0 Å². The number of hydrogen-bond donors (Lipinski definition) is 2. The van der Waals surface area contributed by atoms with Crippen molar-refractivity contribution in [1.82, 2.24) is 10.6 Å². The lowest BCUT2D eigenvalue weighted by Gasteiger charge is -2.09. The van der Waals surface area contributed by atoms with Crippen LogP contribution < -0.4 is 10.6 Å². The maximum Gasteiger partial charge on any atom is 0.314 e. The number of hydrogen-bond acceptors (Lipinski definition) is 2. The Morgan fingerprint density at radius 3 is 2.50 bits per heavy atom. The van der Waals surface area contributed by atoms with E-state index in [0.29, 0.717) is 17.3 Å². The Kier molecular flexibility index (Phi) is 7.62. The quantitative estimate of drug-likeness (QED) is 0.760. The van der Waals surface area contributed by atoms with Crippen LogP contribution in [0.3, 0.4) is 0 Å². The van der Waals surface area contributed by atoms with Crippen LogP contribution in [0.4, 0.5) is 4.79 Å². The molecule has 6 heteroatoms. The first-order valence-electron chi connectivity index (χ1n) is 6.67. The number of rotatable bonds is 7. The van der Waals surface area contributed by atoms with Crippen LogP contribution in [0.15, 0.2) is 29.2 Å². The van der Waals surface area contributed by atoms with Crippen LogP contribution >= 0.6 is 11.6 Å². The summed E-state index contributed by atoms with van der Waals surface area (Å²) in [5, 5.41) is 6.16. The summed E-state index contributed by atoms with van der Waals surface area (Å²) in [6.07, 6.45) is 1.61. The number of halogens is 1. The molecule has 1 atom stereocenters. The highest BCUT2D eigenvalue weighted by molar-refractivity contribution is 7.85. The van der Waals surface area contributed by atoms with Crippen LogP contribution in [-0.2, 0) is 10.8 Å². The zero-order valence-corrected chi connectivity index (χ0v) is 13.4. The van der Waals surface area contributed by atoms with E-state index in [9.17, 15) is 9.00 Å². The van der Waals surface area contributed by atoms with Gasteiger partial charge in [-0.05, 0) is 51.0 Å². The lowest BCUT2D eigenvalue weighted by Crippen LogP contribution is -2.39. The molecule has 1 rings (SSSR count). The van der Waals surface area contributed by atoms with E-state index in [4.69, 9.17) is 11.6 Å². The minimum absolute atomic E-state index is 0.132. The Morgan fingerprint density at radius 2 is 1.90 bits per heavy atom. The van der Waals surface area contributed by atoms with E-state index in [1.165, 1.54) is 0 Å². The maximum atomic E-state index is 12.0. The molecule has 1 unspecified atom stereocenters. The molecule has 0 saturated heterocycles. The Bertz CT molecular complexity index is 449. The molecule has 2 N–H and O–H groups in total. The molecule has 0 saturated carbocycles. The van der Waals surface area contributed by atoms with Crippen molar-refractivity contribution in [3.05, 3.63) is 29.3 Å². The molecule has 2 amide bonds. The Morgan fingerprint density at radius 1 is 1.25 bits per heavy atom. The number of amides is 2. The first-order valence-corrected chi connectivity index (χ1v) is 8.37. The molecular weight excluding hydrogens is 296 g/mol. The van der Waals surface area contributed by atoms with Crippen LogP contribution in [0.5, 0.6) is 0 Å². The number of carbonyl (C=O) groups is 1. The predicted octanol–water partition coefficient (Wildman–Crippen LogP) is 2.94. The Labute approximate surface area is 127 Å². The average molecular weight is 317 g/mol. The van der Waals surface area contributed by atoms with Crippen molar-refractivity contribution < 1.29 is 9.00 Å². The molecule has 0 bridgehead atoms. The van der Waals surface area contributed by atoms with Crippen molar-refractivity contribution in [3.63, 3.8) is 0 Å². The summed E-state index contributed by atoms with van der Waals surface area (Å²) in [5.74, 6) is 0.592. The van der Waals surface area contributed by atoms with Crippen molar-refractivity contribution in [2.24, 2.45) is 0 Å². The third-order valence-electron chi connectivity index (χ3n) is 2.54. The second-order valence-electron chi connectivity index (χ2n) is 4.77. The summed E-state index contributed by atoms with van der Waals surface area (Å²) in [4.78, 5) is 12.1. The lowest BCUT2D eigenvalue weighted by molar-refractivity contribution is 0.238. The highest BCUT2D eigenvalue weighted by atomic mass is 35.5. The topological polar surface area (TPSA) is 58.2 Å². The summed E-state index contributed by atoms with van der Waals surface area (Å²) in [6.45, 7) is 4.42. The molecule has 0 radical (unpaired) electrons. The second-order valence-corrected chi connectivity index (χ2v) is 6.77. The van der Waals surface area contributed by atoms with Gasteiger partial charge in [-0.15, -0.1) is 0 Å². The third-order valence-corrected chi connectivity index (χ3v) is 4.25. The summed E-state index contributed by atoms with van der Waals surface area (Å²) in [6, 6.07) is 7.03. The van der Waals surface area contributed by atoms with Gasteiger partial charge in [-0.1, -0.05) is 11.6 Å². The second kappa shape index (κ2) is 8.97. The molecule has 0 aliphatic heterocycles. The van der Waals surface area contributed by atoms with Crippen LogP contribution in [0.2, 0.25) is 5.02 Å². The summed E-state index contributed by atoms with van der Waals surface area (Å²) in [5.41, 5.74) is 0.